The smallest absolute Gasteiger partial charge is 0.357 e. The molecule has 0 radical (unpaired) electrons. The molecule has 0 fully saturated rings. The molecule has 1 N–H and O–H groups in total. The second kappa shape index (κ2) is 6.08. The summed E-state index contributed by atoms with van der Waals surface area (Å²) in [6.45, 7) is 1.74. The van der Waals surface area contributed by atoms with Gasteiger partial charge in [0.2, 0.25) is 0 Å². The van der Waals surface area contributed by atoms with Crippen LogP contribution in [0.5, 0.6) is 0 Å². The lowest BCUT2D eigenvalue weighted by Crippen LogP contribution is -2.06. The predicted octanol–water partition coefficient (Wildman–Crippen LogP) is 3.62. The molecule has 1 aromatic carbocycles. The average Bonchev–Trinajstić information content (AvgIpc) is 2.90. The standard InChI is InChI=1S/C12H8F4N2O2S/c1-2-20-11(19)7-4-21-12(17-7)18-10-8(15)5(13)3-6(14)9(10)16/h3-4H,2H2,1H3,(H,17,18). The van der Waals surface area contributed by atoms with Crippen LogP contribution in [0.3, 0.4) is 0 Å². The lowest BCUT2D eigenvalue weighted by Gasteiger charge is -2.07. The Balaban J connectivity index is 2.29. The van der Waals surface area contributed by atoms with E-state index in [4.69, 9.17) is 0 Å². The first-order valence-corrected chi connectivity index (χ1v) is 6.54. The van der Waals surface area contributed by atoms with E-state index >= 15 is 0 Å². The first-order chi connectivity index (χ1) is 9.93. The Morgan fingerprint density at radius 3 is 2.48 bits per heavy atom. The molecular formula is C12H8F4N2O2S. The number of benzene rings is 1. The van der Waals surface area contributed by atoms with Gasteiger partial charge >= 0.3 is 5.97 Å². The van der Waals surface area contributed by atoms with Gasteiger partial charge < -0.3 is 10.1 Å². The zero-order valence-electron chi connectivity index (χ0n) is 10.5. The highest BCUT2D eigenvalue weighted by Gasteiger charge is 2.20. The first kappa shape index (κ1) is 15.2. The molecule has 0 unspecified atom stereocenters. The maximum atomic E-state index is 13.5. The summed E-state index contributed by atoms with van der Waals surface area (Å²) in [6.07, 6.45) is 0. The third-order valence-electron chi connectivity index (χ3n) is 2.33. The van der Waals surface area contributed by atoms with Crippen molar-refractivity contribution in [2.75, 3.05) is 11.9 Å². The molecule has 1 heterocycles. The fourth-order valence-electron chi connectivity index (χ4n) is 1.42. The van der Waals surface area contributed by atoms with Gasteiger partial charge in [-0.05, 0) is 6.92 Å². The Labute approximate surface area is 120 Å². The number of ether oxygens (including phenoxy) is 1. The highest BCUT2D eigenvalue weighted by Crippen LogP contribution is 2.28. The van der Waals surface area contributed by atoms with E-state index in [0.29, 0.717) is 0 Å². The molecule has 4 nitrogen and oxygen atoms in total. The van der Waals surface area contributed by atoms with Crippen LogP contribution in [0.15, 0.2) is 11.4 Å². The van der Waals surface area contributed by atoms with Crippen molar-refractivity contribution in [1.29, 1.82) is 0 Å². The van der Waals surface area contributed by atoms with Gasteiger partial charge in [0.1, 0.15) is 5.69 Å². The summed E-state index contributed by atoms with van der Waals surface area (Å²) < 4.78 is 57.7. The second-order valence-electron chi connectivity index (χ2n) is 3.73. The van der Waals surface area contributed by atoms with Crippen molar-refractivity contribution in [3.63, 3.8) is 0 Å². The van der Waals surface area contributed by atoms with E-state index in [0.717, 1.165) is 11.3 Å². The Morgan fingerprint density at radius 2 is 1.90 bits per heavy atom. The maximum Gasteiger partial charge on any atom is 0.357 e. The summed E-state index contributed by atoms with van der Waals surface area (Å²) in [5.74, 6) is -6.96. The van der Waals surface area contributed by atoms with Crippen LogP contribution in [0.1, 0.15) is 17.4 Å². The first-order valence-electron chi connectivity index (χ1n) is 5.66. The van der Waals surface area contributed by atoms with E-state index in [9.17, 15) is 22.4 Å². The Bertz CT molecular complexity index is 664. The third-order valence-corrected chi connectivity index (χ3v) is 3.09. The highest BCUT2D eigenvalue weighted by atomic mass is 32.1. The number of thiazole rings is 1. The molecule has 1 aromatic heterocycles. The lowest BCUT2D eigenvalue weighted by molar-refractivity contribution is 0.0520. The monoisotopic (exact) mass is 320 g/mol. The normalized spacial score (nSPS) is 10.5. The van der Waals surface area contributed by atoms with Crippen molar-refractivity contribution in [2.24, 2.45) is 0 Å². The van der Waals surface area contributed by atoms with Crippen molar-refractivity contribution in [3.05, 3.63) is 40.4 Å². The van der Waals surface area contributed by atoms with Crippen molar-refractivity contribution >= 4 is 28.1 Å². The van der Waals surface area contributed by atoms with Gasteiger partial charge in [-0.2, -0.15) is 0 Å². The summed E-state index contributed by atoms with van der Waals surface area (Å²) in [4.78, 5) is 15.1. The van der Waals surface area contributed by atoms with E-state index in [1.165, 1.54) is 5.38 Å². The predicted molar refractivity (Wildman–Crippen MR) is 67.6 cm³/mol. The molecule has 0 saturated carbocycles. The van der Waals surface area contributed by atoms with E-state index in [1.807, 2.05) is 0 Å². The van der Waals surface area contributed by atoms with Crippen LogP contribution >= 0.6 is 11.3 Å². The van der Waals surface area contributed by atoms with Crippen LogP contribution in [0, 0.1) is 23.3 Å². The number of rotatable bonds is 4. The largest absolute Gasteiger partial charge is 0.461 e. The van der Waals surface area contributed by atoms with Crippen LogP contribution in [0.4, 0.5) is 28.4 Å². The van der Waals surface area contributed by atoms with Crippen molar-refractivity contribution in [2.45, 2.75) is 6.92 Å². The molecule has 0 aliphatic rings. The average molecular weight is 320 g/mol. The molecule has 0 aliphatic heterocycles. The second-order valence-corrected chi connectivity index (χ2v) is 4.58. The zero-order chi connectivity index (χ0) is 15.6. The van der Waals surface area contributed by atoms with Crippen LogP contribution in [-0.4, -0.2) is 17.6 Å². The van der Waals surface area contributed by atoms with Crippen molar-refractivity contribution in [1.82, 2.24) is 4.98 Å². The van der Waals surface area contributed by atoms with Crippen LogP contribution in [0.25, 0.3) is 0 Å². The van der Waals surface area contributed by atoms with E-state index in [1.54, 1.807) is 6.92 Å². The Kier molecular flexibility index (Phi) is 4.41. The molecule has 0 aliphatic carbocycles. The lowest BCUT2D eigenvalue weighted by atomic mass is 10.2. The number of halogens is 4. The molecule has 0 spiro atoms. The Morgan fingerprint density at radius 1 is 1.29 bits per heavy atom. The fourth-order valence-corrected chi connectivity index (χ4v) is 2.10. The van der Waals surface area contributed by atoms with Gasteiger partial charge in [-0.15, -0.1) is 11.3 Å². The number of nitrogens with one attached hydrogen (secondary N) is 1. The van der Waals surface area contributed by atoms with Gasteiger partial charge in [0.25, 0.3) is 0 Å². The van der Waals surface area contributed by atoms with E-state index in [-0.39, 0.29) is 23.5 Å². The van der Waals surface area contributed by atoms with Crippen LogP contribution < -0.4 is 5.32 Å². The molecule has 2 rings (SSSR count). The van der Waals surface area contributed by atoms with Gasteiger partial charge in [0.15, 0.2) is 34.1 Å². The minimum absolute atomic E-state index is 0.0814. The topological polar surface area (TPSA) is 51.2 Å². The molecule has 9 heteroatoms. The SMILES string of the molecule is CCOC(=O)c1csc(Nc2c(F)c(F)cc(F)c2F)n1. The summed E-state index contributed by atoms with van der Waals surface area (Å²) in [5, 5.41) is 3.28. The van der Waals surface area contributed by atoms with Crippen molar-refractivity contribution < 1.29 is 27.1 Å². The number of carbonyl (C=O) groups is 1. The molecular weight excluding hydrogens is 312 g/mol. The molecule has 2 aromatic rings. The number of anilines is 2. The number of nitrogens with zero attached hydrogens (tertiary/aromatic N) is 1. The van der Waals surface area contributed by atoms with Crippen LogP contribution in [0.2, 0.25) is 0 Å². The molecule has 0 atom stereocenters. The number of hydrogen-bond acceptors (Lipinski definition) is 5. The number of hydrogen-bond donors (Lipinski definition) is 1. The summed E-state index contributed by atoms with van der Waals surface area (Å²) >= 11 is 0.826. The third kappa shape index (κ3) is 3.13. The van der Waals surface area contributed by atoms with Gasteiger partial charge in [0.05, 0.1) is 6.61 Å². The summed E-state index contributed by atoms with van der Waals surface area (Å²) in [7, 11) is 0. The van der Waals surface area contributed by atoms with Gasteiger partial charge in [0, 0.05) is 11.4 Å². The molecule has 21 heavy (non-hydrogen) atoms. The number of esters is 1. The van der Waals surface area contributed by atoms with E-state index < -0.39 is 34.9 Å². The molecule has 0 saturated heterocycles. The van der Waals surface area contributed by atoms with Gasteiger partial charge in [-0.25, -0.2) is 27.3 Å². The zero-order valence-corrected chi connectivity index (χ0v) is 11.4. The van der Waals surface area contributed by atoms with Crippen molar-refractivity contribution in [3.8, 4) is 0 Å². The van der Waals surface area contributed by atoms with E-state index in [2.05, 4.69) is 15.0 Å². The highest BCUT2D eigenvalue weighted by molar-refractivity contribution is 7.14. The van der Waals surface area contributed by atoms with Gasteiger partial charge in [-0.3, -0.25) is 0 Å². The quantitative estimate of drug-likeness (QED) is 0.531. The minimum Gasteiger partial charge on any atom is -0.461 e. The maximum absolute atomic E-state index is 13.5. The number of aromatic nitrogens is 1. The Hall–Kier alpha value is -2.16. The molecule has 0 bridgehead atoms. The summed E-state index contributed by atoms with van der Waals surface area (Å²) in [6, 6.07) is 0.0989. The fraction of sp³-hybridized carbons (Fsp3) is 0.167. The van der Waals surface area contributed by atoms with Gasteiger partial charge in [-0.1, -0.05) is 0 Å². The molecule has 0 amide bonds. The van der Waals surface area contributed by atoms with Crippen LogP contribution in [-0.2, 0) is 4.74 Å². The minimum atomic E-state index is -1.58. The summed E-state index contributed by atoms with van der Waals surface area (Å²) in [5.41, 5.74) is -1.10. The molecule has 112 valence electrons. The number of carbonyl (C=O) groups excluding carboxylic acids is 1.